The molecule has 4 rings (SSSR count). The predicted octanol–water partition coefficient (Wildman–Crippen LogP) is -9.73. The van der Waals surface area contributed by atoms with E-state index in [0.717, 1.165) is 33.0 Å². The van der Waals surface area contributed by atoms with Crippen molar-refractivity contribution in [1.29, 1.82) is 0 Å². The van der Waals surface area contributed by atoms with E-state index in [1.54, 1.807) is 0 Å². The van der Waals surface area contributed by atoms with Gasteiger partial charge in [0.1, 0.15) is 0 Å². The first-order chi connectivity index (χ1) is 24.5. The van der Waals surface area contributed by atoms with E-state index in [1.165, 1.54) is 41.5 Å². The molecule has 0 aromatic carbocycles. The number of carbonyl (C=O) groups is 6. The first-order valence-corrected chi connectivity index (χ1v) is 20.3. The number of carbonyl (C=O) groups excluding carboxylic acids is 6. The second-order valence-corrected chi connectivity index (χ2v) is 17.6. The average molecular weight is 889 g/mol. The maximum absolute atomic E-state index is 12.4. The van der Waals surface area contributed by atoms with E-state index < -0.39 is 124 Å². The van der Waals surface area contributed by atoms with Crippen molar-refractivity contribution in [2.24, 2.45) is 11.8 Å². The summed E-state index contributed by atoms with van der Waals surface area (Å²) in [4.78, 5) is 71.0. The Kier molecular flexibility index (Phi) is 17.8. The number of aliphatic carboxylic acids is 2. The summed E-state index contributed by atoms with van der Waals surface area (Å²) < 4.78 is 95.7. The number of hydrogen-bond donors (Lipinski definition) is 4. The molecule has 4 N–H and O–H groups in total. The normalized spacial score (nSPS) is 23.1. The number of hydrogen-bond acceptors (Lipinski definition) is 16. The van der Waals surface area contributed by atoms with Crippen LogP contribution in [0.5, 0.6) is 0 Å². The molecular weight excluding hydrogens is 855 g/mol. The topological polar surface area (TPSA) is 340 Å². The Morgan fingerprint density at radius 3 is 1.23 bits per heavy atom. The molecule has 6 atom stereocenters. The largest absolute Gasteiger partial charge is 1.00 e. The summed E-state index contributed by atoms with van der Waals surface area (Å²) in [5.41, 5.74) is -4.44. The van der Waals surface area contributed by atoms with Gasteiger partial charge in [0.25, 0.3) is 0 Å². The Morgan fingerprint density at radius 2 is 1.00 bits per heavy atom. The van der Waals surface area contributed by atoms with E-state index >= 15 is 0 Å². The van der Waals surface area contributed by atoms with Crippen molar-refractivity contribution in [2.75, 3.05) is 0 Å². The van der Waals surface area contributed by atoms with Gasteiger partial charge in [0.05, 0.1) is 80.1 Å². The third-order valence-corrected chi connectivity index (χ3v) is 11.9. The van der Waals surface area contributed by atoms with E-state index in [2.05, 4.69) is 19.0 Å². The van der Waals surface area contributed by atoms with E-state index in [9.17, 15) is 64.2 Å². The molecule has 2 fully saturated rings. The van der Waals surface area contributed by atoms with Crippen molar-refractivity contribution in [3.63, 3.8) is 0 Å². The second-order valence-electron chi connectivity index (χ2n) is 12.9. The van der Waals surface area contributed by atoms with E-state index in [-0.39, 0.29) is 81.8 Å². The van der Waals surface area contributed by atoms with Crippen molar-refractivity contribution < 1.29 is 141 Å². The monoisotopic (exact) mass is 888 g/mol. The van der Waals surface area contributed by atoms with Gasteiger partial charge in [-0.2, -0.15) is 16.8 Å². The zero-order valence-electron chi connectivity index (χ0n) is 31.0. The van der Waals surface area contributed by atoms with Gasteiger partial charge in [0.15, 0.2) is 0 Å². The molecule has 300 valence electrons. The van der Waals surface area contributed by atoms with Crippen LogP contribution in [0, 0.1) is 11.8 Å². The van der Waals surface area contributed by atoms with Crippen molar-refractivity contribution >= 4 is 78.0 Å². The minimum atomic E-state index is -4.86. The molecule has 0 saturated carbocycles. The van der Waals surface area contributed by atoms with Gasteiger partial charge in [-0.1, -0.05) is 0 Å². The Balaban J connectivity index is 0.000000541. The first-order valence-electron chi connectivity index (χ1n) is 15.1. The smallest absolute Gasteiger partial charge is 0.543 e. The van der Waals surface area contributed by atoms with Crippen LogP contribution >= 0.6 is 0 Å². The number of nitrogens with zero attached hydrogens (tertiary/aromatic N) is 2. The maximum atomic E-state index is 12.4. The third kappa shape index (κ3) is 12.0. The molecule has 0 spiro atoms. The zero-order chi connectivity index (χ0) is 41.5. The van der Waals surface area contributed by atoms with Crippen LogP contribution in [0.25, 0.3) is 0 Å². The Hall–Kier alpha value is -2.18. The van der Waals surface area contributed by atoms with Gasteiger partial charge in [0.2, 0.25) is 23.6 Å². The molecule has 2 saturated heterocycles. The molecular formula is C28H34N4Na2O18S4. The molecule has 28 heteroatoms. The average Bonchev–Trinajstić information content (AvgIpc) is 3.48. The maximum Gasteiger partial charge on any atom is 1.00 e. The molecule has 56 heavy (non-hydrogen) atoms. The molecule has 4 heterocycles. The SMILES string of the molecule is CC(=O)N/C=C/[S@](=O)C1=C(C(=O)[O-])N2C(=O)[C@@H](C(C)(C)OS(=O)(=O)O)[C@H]2C1.CC(=O)N/C=C/[S@](=O)C1=C(C(=O)[O-])N2C(=O)[C@@H](C(C)(C)OS(=O)(=O)O)[C@H]2C1.[Na+].[Na+]. The number of fused-ring (bicyclic) bond motifs is 2. The van der Waals surface area contributed by atoms with Crippen LogP contribution in [-0.4, -0.2) is 103 Å². The summed E-state index contributed by atoms with van der Waals surface area (Å²) in [7, 11) is -13.7. The van der Waals surface area contributed by atoms with Gasteiger partial charge in [-0.3, -0.25) is 28.3 Å². The van der Waals surface area contributed by atoms with Crippen LogP contribution < -0.4 is 80.0 Å². The fraction of sp³-hybridized carbons (Fsp3) is 0.500. The van der Waals surface area contributed by atoms with Crippen LogP contribution in [0.2, 0.25) is 0 Å². The van der Waals surface area contributed by atoms with Crippen molar-refractivity contribution in [3.8, 4) is 0 Å². The van der Waals surface area contributed by atoms with Crippen LogP contribution in [0.1, 0.15) is 54.4 Å². The number of nitrogens with one attached hydrogen (secondary N) is 2. The fourth-order valence-electron chi connectivity index (χ4n) is 6.44. The second kappa shape index (κ2) is 19.3. The van der Waals surface area contributed by atoms with Gasteiger partial charge in [-0.25, -0.2) is 16.8 Å². The summed E-state index contributed by atoms with van der Waals surface area (Å²) in [6.45, 7) is 7.47. The standard InChI is InChI=1S/2C14H18N2O9S2.2Na/c2*1-7(17)15-4-5-26(21)9-6-8-10(14(2,3)25-27(22,23)24)12(18)16(8)11(9)13(19)20;;/h2*4-5,8,10H,6H2,1-3H3,(H,15,17)(H,19,20)(H,22,23,24);;/q;;2*+1/p-2/b2*5-4+;;/t2*8-,10+,26+;;/m11../s1. The summed E-state index contributed by atoms with van der Waals surface area (Å²) in [5.74, 6) is -7.98. The van der Waals surface area contributed by atoms with Crippen LogP contribution in [0.4, 0.5) is 0 Å². The van der Waals surface area contributed by atoms with E-state index in [0.29, 0.717) is 0 Å². The summed E-state index contributed by atoms with van der Waals surface area (Å²) in [6, 6.07) is -1.65. The number of β-lactam (4-membered cyclic amide) rings is 2. The Bertz CT molecular complexity index is 1930. The molecule has 0 bridgehead atoms. The van der Waals surface area contributed by atoms with Gasteiger partial charge in [0, 0.05) is 59.7 Å². The Labute approximate surface area is 369 Å². The first kappa shape index (κ1) is 51.8. The van der Waals surface area contributed by atoms with Gasteiger partial charge in [-0.05, 0) is 27.7 Å². The molecule has 0 aromatic heterocycles. The molecule has 4 amide bonds. The van der Waals surface area contributed by atoms with Crippen LogP contribution in [-0.2, 0) is 79.5 Å². The zero-order valence-corrected chi connectivity index (χ0v) is 38.3. The number of amides is 4. The number of carboxylic acids is 2. The van der Waals surface area contributed by atoms with Crippen molar-refractivity contribution in [3.05, 3.63) is 44.4 Å². The molecule has 0 unspecified atom stereocenters. The molecule has 22 nitrogen and oxygen atoms in total. The minimum absolute atomic E-state index is 0. The summed E-state index contributed by atoms with van der Waals surface area (Å²) in [6.07, 6.45) is 1.90. The van der Waals surface area contributed by atoms with Crippen molar-refractivity contribution in [1.82, 2.24) is 20.4 Å². The van der Waals surface area contributed by atoms with Gasteiger partial charge < -0.3 is 40.2 Å². The minimum Gasteiger partial charge on any atom is -0.543 e. The third-order valence-electron chi connectivity index (χ3n) is 8.21. The fourth-order valence-corrected chi connectivity index (χ4v) is 9.86. The quantitative estimate of drug-likeness (QED) is 0.0715. The molecule has 4 aliphatic heterocycles. The molecule has 0 radical (unpaired) electrons. The molecule has 0 aliphatic carbocycles. The van der Waals surface area contributed by atoms with Crippen LogP contribution in [0.3, 0.4) is 0 Å². The summed E-state index contributed by atoms with van der Waals surface area (Å²) in [5, 5.41) is 29.5. The van der Waals surface area contributed by atoms with E-state index in [4.69, 9.17) is 9.11 Å². The molecule has 4 aliphatic rings. The van der Waals surface area contributed by atoms with Gasteiger partial charge >= 0.3 is 79.9 Å². The van der Waals surface area contributed by atoms with Crippen LogP contribution in [0.15, 0.2) is 44.4 Å². The van der Waals surface area contributed by atoms with Crippen molar-refractivity contribution in [2.45, 2.75) is 77.7 Å². The number of carboxylic acid groups (broad SMARTS) is 2. The van der Waals surface area contributed by atoms with E-state index in [1.807, 2.05) is 0 Å². The summed E-state index contributed by atoms with van der Waals surface area (Å²) >= 11 is 0. The van der Waals surface area contributed by atoms with Gasteiger partial charge in [-0.15, -0.1) is 0 Å². The predicted molar refractivity (Wildman–Crippen MR) is 177 cm³/mol. The Morgan fingerprint density at radius 1 is 0.714 bits per heavy atom. The molecule has 0 aromatic rings. The number of rotatable bonds is 14.